The van der Waals surface area contributed by atoms with Crippen molar-refractivity contribution in [2.24, 2.45) is 0 Å². The number of nitrogens with zero attached hydrogens (tertiary/aromatic N) is 3. The van der Waals surface area contributed by atoms with Crippen LogP contribution in [0.4, 0.5) is 21.7 Å². The molecule has 8 nitrogen and oxygen atoms in total. The number of aliphatic hydroxyl groups excluding tert-OH is 1. The molecule has 1 amide bonds. The number of hydrogen-bond donors (Lipinski definition) is 4. The van der Waals surface area contributed by atoms with Gasteiger partial charge in [-0.2, -0.15) is 9.61 Å². The number of benzene rings is 1. The lowest BCUT2D eigenvalue weighted by Crippen LogP contribution is -2.24. The van der Waals surface area contributed by atoms with E-state index in [1.807, 2.05) is 0 Å². The van der Waals surface area contributed by atoms with Crippen LogP contribution in [0, 0.1) is 5.82 Å². The van der Waals surface area contributed by atoms with Crippen molar-refractivity contribution in [3.8, 4) is 0 Å². The highest BCUT2D eigenvalue weighted by atomic mass is 35.5. The van der Waals surface area contributed by atoms with Gasteiger partial charge in [0.1, 0.15) is 17.9 Å². The van der Waals surface area contributed by atoms with Gasteiger partial charge in [-0.1, -0.05) is 17.7 Å². The molecule has 0 radical (unpaired) electrons. The average molecular weight is 429 g/mol. The van der Waals surface area contributed by atoms with E-state index >= 15 is 0 Å². The van der Waals surface area contributed by atoms with E-state index in [4.69, 9.17) is 11.6 Å². The number of anilines is 3. The Morgan fingerprint density at radius 3 is 2.93 bits per heavy atom. The Morgan fingerprint density at radius 1 is 1.37 bits per heavy atom. The third-order valence-electron chi connectivity index (χ3n) is 4.98. The molecule has 1 aliphatic heterocycles. The standard InChI is InChI=1S/C20H18ClFN6O2/c21-13-2-1-3-14(18(13)22)25-15-8-16(24-12-4-5-12)28-19(26-15)11(9-23-28)6-10-7-17(29)27-20(10)30/h1-3,6,8-9,12,17,24,29H,4-5,7H2,(H,25,26)(H,27,30)/b10-6+. The van der Waals surface area contributed by atoms with Crippen LogP contribution in [-0.4, -0.2) is 37.9 Å². The molecular formula is C20H18ClFN6O2. The summed E-state index contributed by atoms with van der Waals surface area (Å²) in [4.78, 5) is 16.6. The summed E-state index contributed by atoms with van der Waals surface area (Å²) in [6.07, 6.45) is 4.70. The average Bonchev–Trinajstić information content (AvgIpc) is 3.34. The smallest absolute Gasteiger partial charge is 0.249 e. The first kappa shape index (κ1) is 18.8. The highest BCUT2D eigenvalue weighted by Crippen LogP contribution is 2.30. The third kappa shape index (κ3) is 3.57. The first-order valence-corrected chi connectivity index (χ1v) is 9.91. The van der Waals surface area contributed by atoms with Gasteiger partial charge in [0, 0.05) is 29.7 Å². The molecule has 0 spiro atoms. The zero-order valence-electron chi connectivity index (χ0n) is 15.7. The minimum Gasteiger partial charge on any atom is -0.373 e. The molecule has 1 saturated heterocycles. The summed E-state index contributed by atoms with van der Waals surface area (Å²) in [6.45, 7) is 0. The number of rotatable bonds is 5. The van der Waals surface area contributed by atoms with E-state index in [0.717, 1.165) is 12.8 Å². The SMILES string of the molecule is O=C1NC(O)C/C1=C\c1cnn2c(NC3CC3)cc(Nc3cccc(Cl)c3F)nc12. The van der Waals surface area contributed by atoms with Crippen molar-refractivity contribution in [3.63, 3.8) is 0 Å². The lowest BCUT2D eigenvalue weighted by molar-refractivity contribution is -0.117. The Balaban J connectivity index is 1.58. The van der Waals surface area contributed by atoms with Crippen LogP contribution in [0.3, 0.4) is 0 Å². The van der Waals surface area contributed by atoms with Gasteiger partial charge in [0.15, 0.2) is 11.5 Å². The Hall–Kier alpha value is -3.17. The van der Waals surface area contributed by atoms with Crippen molar-refractivity contribution in [1.82, 2.24) is 19.9 Å². The van der Waals surface area contributed by atoms with Gasteiger partial charge in [-0.15, -0.1) is 0 Å². The second-order valence-electron chi connectivity index (χ2n) is 7.37. The van der Waals surface area contributed by atoms with Crippen molar-refractivity contribution >= 4 is 46.6 Å². The number of fused-ring (bicyclic) bond motifs is 1. The van der Waals surface area contributed by atoms with Gasteiger partial charge in [0.05, 0.1) is 16.9 Å². The predicted octanol–water partition coefficient (Wildman–Crippen LogP) is 3.06. The second kappa shape index (κ2) is 7.26. The van der Waals surface area contributed by atoms with Crippen molar-refractivity contribution in [3.05, 3.63) is 52.4 Å². The lowest BCUT2D eigenvalue weighted by Gasteiger charge is -2.12. The molecule has 4 N–H and O–H groups in total. The van der Waals surface area contributed by atoms with E-state index in [1.54, 1.807) is 35.0 Å². The fourth-order valence-electron chi connectivity index (χ4n) is 3.33. The number of carbonyl (C=O) groups excluding carboxylic acids is 1. The molecule has 3 aromatic rings. The quantitative estimate of drug-likeness (QED) is 0.466. The summed E-state index contributed by atoms with van der Waals surface area (Å²) >= 11 is 5.88. The second-order valence-corrected chi connectivity index (χ2v) is 7.78. The largest absolute Gasteiger partial charge is 0.373 e. The predicted molar refractivity (Wildman–Crippen MR) is 111 cm³/mol. The van der Waals surface area contributed by atoms with Crippen LogP contribution in [0.1, 0.15) is 24.8 Å². The van der Waals surface area contributed by atoms with Crippen LogP contribution < -0.4 is 16.0 Å². The first-order chi connectivity index (χ1) is 14.5. The summed E-state index contributed by atoms with van der Waals surface area (Å²) in [6, 6.07) is 6.80. The number of hydrogen-bond acceptors (Lipinski definition) is 6. The van der Waals surface area contributed by atoms with Crippen molar-refractivity contribution < 1.29 is 14.3 Å². The van der Waals surface area contributed by atoms with Crippen LogP contribution in [0.15, 0.2) is 36.0 Å². The lowest BCUT2D eigenvalue weighted by atomic mass is 10.1. The summed E-state index contributed by atoms with van der Waals surface area (Å²) in [5.41, 5.74) is 1.75. The Bertz CT molecular complexity index is 1190. The van der Waals surface area contributed by atoms with E-state index in [-0.39, 0.29) is 23.0 Å². The summed E-state index contributed by atoms with van der Waals surface area (Å²) in [7, 11) is 0. The van der Waals surface area contributed by atoms with E-state index in [2.05, 4.69) is 26.0 Å². The molecule has 2 aliphatic rings. The Kier molecular flexibility index (Phi) is 4.56. The molecule has 154 valence electrons. The zero-order chi connectivity index (χ0) is 20.8. The van der Waals surface area contributed by atoms with Crippen molar-refractivity contribution in [2.45, 2.75) is 31.5 Å². The van der Waals surface area contributed by atoms with Crippen LogP contribution >= 0.6 is 11.6 Å². The normalized spacial score (nSPS) is 20.0. The molecular weight excluding hydrogens is 411 g/mol. The van der Waals surface area contributed by atoms with Gasteiger partial charge in [0.2, 0.25) is 5.91 Å². The van der Waals surface area contributed by atoms with Crippen LogP contribution in [-0.2, 0) is 4.79 Å². The van der Waals surface area contributed by atoms with Crippen LogP contribution in [0.2, 0.25) is 5.02 Å². The zero-order valence-corrected chi connectivity index (χ0v) is 16.4. The van der Waals surface area contributed by atoms with E-state index in [9.17, 15) is 14.3 Å². The maximum atomic E-state index is 14.4. The van der Waals surface area contributed by atoms with E-state index in [0.29, 0.717) is 34.5 Å². The fourth-order valence-corrected chi connectivity index (χ4v) is 3.51. The minimum atomic E-state index is -0.895. The number of nitrogens with one attached hydrogen (secondary N) is 3. The number of aliphatic hydroxyl groups is 1. The van der Waals surface area contributed by atoms with Gasteiger partial charge >= 0.3 is 0 Å². The van der Waals surface area contributed by atoms with Gasteiger partial charge in [-0.3, -0.25) is 4.79 Å². The van der Waals surface area contributed by atoms with Gasteiger partial charge in [0.25, 0.3) is 0 Å². The first-order valence-electron chi connectivity index (χ1n) is 9.54. The molecule has 30 heavy (non-hydrogen) atoms. The van der Waals surface area contributed by atoms with Gasteiger partial charge < -0.3 is 21.1 Å². The molecule has 1 saturated carbocycles. The van der Waals surface area contributed by atoms with Crippen LogP contribution in [0.5, 0.6) is 0 Å². The molecule has 10 heteroatoms. The minimum absolute atomic E-state index is 0.0120. The third-order valence-corrected chi connectivity index (χ3v) is 5.27. The van der Waals surface area contributed by atoms with Gasteiger partial charge in [-0.05, 0) is 31.1 Å². The number of halogens is 2. The maximum Gasteiger partial charge on any atom is 0.249 e. The summed E-state index contributed by atoms with van der Waals surface area (Å²) in [5.74, 6) is 0.217. The highest BCUT2D eigenvalue weighted by Gasteiger charge is 2.26. The number of carbonyl (C=O) groups is 1. The van der Waals surface area contributed by atoms with Crippen molar-refractivity contribution in [2.75, 3.05) is 10.6 Å². The summed E-state index contributed by atoms with van der Waals surface area (Å²) in [5, 5.41) is 22.9. The topological polar surface area (TPSA) is 104 Å². The Labute approximate surface area is 175 Å². The Morgan fingerprint density at radius 2 is 2.20 bits per heavy atom. The number of amides is 1. The molecule has 1 atom stereocenters. The molecule has 5 rings (SSSR count). The molecule has 1 unspecified atom stereocenters. The van der Waals surface area contributed by atoms with E-state index in [1.165, 1.54) is 6.07 Å². The maximum absolute atomic E-state index is 14.4. The fraction of sp³-hybridized carbons (Fsp3) is 0.250. The molecule has 1 aromatic carbocycles. The molecule has 3 heterocycles. The molecule has 2 aromatic heterocycles. The van der Waals surface area contributed by atoms with E-state index < -0.39 is 12.0 Å². The molecule has 0 bridgehead atoms. The monoisotopic (exact) mass is 428 g/mol. The molecule has 1 aliphatic carbocycles. The number of aromatic nitrogens is 3. The summed E-state index contributed by atoms with van der Waals surface area (Å²) < 4.78 is 16.0. The highest BCUT2D eigenvalue weighted by molar-refractivity contribution is 6.31. The molecule has 2 fully saturated rings. The van der Waals surface area contributed by atoms with Crippen molar-refractivity contribution in [1.29, 1.82) is 0 Å². The van der Waals surface area contributed by atoms with Gasteiger partial charge in [-0.25, -0.2) is 9.37 Å². The van der Waals surface area contributed by atoms with Crippen LogP contribution in [0.25, 0.3) is 11.7 Å².